The van der Waals surface area contributed by atoms with Gasteiger partial charge in [0, 0.05) is 143 Å². The van der Waals surface area contributed by atoms with Crippen LogP contribution in [0.2, 0.25) is 0 Å². The SMILES string of the molecule is CCN=C=O.CCNC(=O)NC1CN(c2nc(-c3ccc(N4CCN(C)CC4)cc3)cc3ncccc23)C1.CN1CCN(c2ccc(-c3cc4ncccc4c(N4CC(N)C4)n3)cc2)CC1. The third-order valence-corrected chi connectivity index (χ3v) is 12.5. The molecular weight excluding hydrogens is 829 g/mol. The van der Waals surface area contributed by atoms with Crippen molar-refractivity contribution in [1.82, 2.24) is 40.4 Å². The highest BCUT2D eigenvalue weighted by Crippen LogP contribution is 2.34. The first-order chi connectivity index (χ1) is 32.2. The van der Waals surface area contributed by atoms with Gasteiger partial charge in [0.2, 0.25) is 6.08 Å². The molecule has 16 heteroatoms. The van der Waals surface area contributed by atoms with Crippen LogP contribution in [-0.4, -0.2) is 160 Å². The summed E-state index contributed by atoms with van der Waals surface area (Å²) in [4.78, 5) is 57.4. The lowest BCUT2D eigenvalue weighted by Crippen LogP contribution is -2.61. The summed E-state index contributed by atoms with van der Waals surface area (Å²) in [6, 6.07) is 29.9. The number of anilines is 4. The molecule has 16 nitrogen and oxygen atoms in total. The molecular formula is C50H62N14O2. The van der Waals surface area contributed by atoms with Gasteiger partial charge in [0.1, 0.15) is 11.6 Å². The van der Waals surface area contributed by atoms with E-state index >= 15 is 0 Å². The van der Waals surface area contributed by atoms with Gasteiger partial charge in [-0.3, -0.25) is 9.97 Å². The van der Waals surface area contributed by atoms with Crippen molar-refractivity contribution in [2.45, 2.75) is 25.9 Å². The molecule has 0 saturated carbocycles. The Morgan fingerprint density at radius 2 is 1.12 bits per heavy atom. The van der Waals surface area contributed by atoms with E-state index in [0.29, 0.717) is 13.1 Å². The number of aliphatic imine (C=N–C) groups is 1. The summed E-state index contributed by atoms with van der Waals surface area (Å²) in [5.41, 5.74) is 14.5. The van der Waals surface area contributed by atoms with E-state index in [1.807, 2.05) is 31.5 Å². The average molecular weight is 891 g/mol. The van der Waals surface area contributed by atoms with Gasteiger partial charge in [-0.05, 0) is 88.6 Å². The van der Waals surface area contributed by atoms with Gasteiger partial charge < -0.3 is 45.8 Å². The maximum atomic E-state index is 11.8. The van der Waals surface area contributed by atoms with Crippen molar-refractivity contribution in [3.05, 3.63) is 97.3 Å². The maximum absolute atomic E-state index is 11.8. The number of pyridine rings is 4. The number of isocyanates is 1. The van der Waals surface area contributed by atoms with Crippen molar-refractivity contribution in [2.75, 3.05) is 125 Å². The molecule has 0 bridgehead atoms. The zero-order valence-corrected chi connectivity index (χ0v) is 38.6. The van der Waals surface area contributed by atoms with Gasteiger partial charge >= 0.3 is 6.03 Å². The van der Waals surface area contributed by atoms with Crippen molar-refractivity contribution in [1.29, 1.82) is 0 Å². The fourth-order valence-electron chi connectivity index (χ4n) is 8.60. The zero-order valence-electron chi connectivity index (χ0n) is 38.6. The average Bonchev–Trinajstić information content (AvgIpc) is 3.32. The first-order valence-electron chi connectivity index (χ1n) is 23.1. The lowest BCUT2D eigenvalue weighted by atomic mass is 10.1. The van der Waals surface area contributed by atoms with Gasteiger partial charge in [-0.25, -0.2) is 24.5 Å². The number of carbonyl (C=O) groups excluding carboxylic acids is 2. The lowest BCUT2D eigenvalue weighted by Gasteiger charge is -2.40. The van der Waals surface area contributed by atoms with Crippen LogP contribution in [0.25, 0.3) is 44.3 Å². The summed E-state index contributed by atoms with van der Waals surface area (Å²) in [5.74, 6) is 1.91. The van der Waals surface area contributed by atoms with Crippen LogP contribution in [0.15, 0.2) is 102 Å². The number of piperazine rings is 2. The number of carbonyl (C=O) groups is 1. The predicted molar refractivity (Wildman–Crippen MR) is 266 cm³/mol. The molecule has 0 radical (unpaired) electrons. The number of amides is 2. The standard InChI is InChI=1S/C25H31N7O.C22H26N6.C3H5NO/c1-3-26-25(33)28-19-16-32(17-19)24-21-5-4-10-27-23(21)15-22(29-24)18-6-8-20(9-7-18)31-13-11-30(2)12-14-31;1-26-9-11-27(12-10-26)18-6-4-16(5-7-18)20-13-21-19(3-2-8-24-21)22(25-20)28-14-17(23)15-28;1-2-4-3-5/h4-10,15,19H,3,11-14,16-17H2,1-2H3,(H2,26,28,33);2-8,13,17H,9-12,14-15,23H2,1H3;2H2,1H3. The largest absolute Gasteiger partial charge is 0.369 e. The molecule has 0 atom stereocenters. The first kappa shape index (κ1) is 45.8. The molecule has 4 aliphatic rings. The monoisotopic (exact) mass is 891 g/mol. The number of nitrogens with one attached hydrogen (secondary N) is 2. The quantitative estimate of drug-likeness (QED) is 0.130. The Labute approximate surface area is 387 Å². The van der Waals surface area contributed by atoms with Crippen LogP contribution < -0.4 is 36.0 Å². The smallest absolute Gasteiger partial charge is 0.315 e. The zero-order chi connectivity index (χ0) is 46.0. The van der Waals surface area contributed by atoms with Gasteiger partial charge in [-0.15, -0.1) is 0 Å². The van der Waals surface area contributed by atoms with Crippen molar-refractivity contribution in [3.8, 4) is 22.5 Å². The summed E-state index contributed by atoms with van der Waals surface area (Å²) in [7, 11) is 4.36. The van der Waals surface area contributed by atoms with Gasteiger partial charge in [-0.2, -0.15) is 0 Å². The molecule has 8 heterocycles. The minimum absolute atomic E-state index is 0.115. The van der Waals surface area contributed by atoms with E-state index in [2.05, 4.69) is 142 Å². The van der Waals surface area contributed by atoms with Crippen LogP contribution in [0, 0.1) is 0 Å². The molecule has 2 aromatic carbocycles. The van der Waals surface area contributed by atoms with Crippen molar-refractivity contribution in [3.63, 3.8) is 0 Å². The van der Waals surface area contributed by atoms with E-state index in [1.165, 1.54) is 17.5 Å². The normalized spacial score (nSPS) is 16.9. The van der Waals surface area contributed by atoms with Crippen LogP contribution in [0.4, 0.5) is 27.8 Å². The topological polar surface area (TPSA) is 168 Å². The highest BCUT2D eigenvalue weighted by Gasteiger charge is 2.31. The van der Waals surface area contributed by atoms with Gasteiger partial charge in [0.25, 0.3) is 0 Å². The van der Waals surface area contributed by atoms with Crippen molar-refractivity contribution >= 4 is 56.9 Å². The Balaban J connectivity index is 0.000000165. The summed E-state index contributed by atoms with van der Waals surface area (Å²) in [6.07, 6.45) is 5.06. The Morgan fingerprint density at radius 3 is 1.52 bits per heavy atom. The maximum Gasteiger partial charge on any atom is 0.315 e. The molecule has 66 heavy (non-hydrogen) atoms. The molecule has 0 spiro atoms. The fraction of sp³-hybridized carbons (Fsp3) is 0.400. The number of benzene rings is 2. The number of aromatic nitrogens is 4. The summed E-state index contributed by atoms with van der Waals surface area (Å²) in [5, 5.41) is 7.92. The molecule has 4 fully saturated rings. The number of urea groups is 1. The molecule has 0 unspecified atom stereocenters. The van der Waals surface area contributed by atoms with Gasteiger partial charge in [0.15, 0.2) is 0 Å². The number of hydrogen-bond donors (Lipinski definition) is 3. The number of likely N-dealkylation sites (N-methyl/N-ethyl adjacent to an activating group) is 2. The van der Waals surface area contributed by atoms with E-state index in [0.717, 1.165) is 134 Å². The molecule has 4 saturated heterocycles. The Bertz CT molecular complexity index is 2590. The number of rotatable bonds is 9. The Hall–Kier alpha value is -6.71. The predicted octanol–water partition coefficient (Wildman–Crippen LogP) is 5.09. The molecule has 4 aromatic heterocycles. The van der Waals surface area contributed by atoms with Gasteiger partial charge in [0.05, 0.1) is 28.5 Å². The Morgan fingerprint density at radius 1 is 0.667 bits per heavy atom. The van der Waals surface area contributed by atoms with Crippen LogP contribution >= 0.6 is 0 Å². The summed E-state index contributed by atoms with van der Waals surface area (Å²) in [6.45, 7) is 16.7. The summed E-state index contributed by atoms with van der Waals surface area (Å²) < 4.78 is 0. The molecule has 0 aliphatic carbocycles. The number of nitrogens with two attached hydrogens (primary N) is 1. The van der Waals surface area contributed by atoms with Crippen LogP contribution in [0.3, 0.4) is 0 Å². The van der Waals surface area contributed by atoms with E-state index in [4.69, 9.17) is 20.5 Å². The van der Waals surface area contributed by atoms with Crippen LogP contribution in [0.1, 0.15) is 13.8 Å². The minimum atomic E-state index is -0.115. The third kappa shape index (κ3) is 11.0. The number of fused-ring (bicyclic) bond motifs is 2. The highest BCUT2D eigenvalue weighted by atomic mass is 16.2. The first-order valence-corrected chi connectivity index (χ1v) is 23.1. The van der Waals surface area contributed by atoms with E-state index in [-0.39, 0.29) is 18.1 Å². The number of hydrogen-bond acceptors (Lipinski definition) is 14. The molecule has 6 aromatic rings. The second-order valence-electron chi connectivity index (χ2n) is 17.3. The highest BCUT2D eigenvalue weighted by molar-refractivity contribution is 5.94. The summed E-state index contributed by atoms with van der Waals surface area (Å²) >= 11 is 0. The molecule has 2 amide bonds. The van der Waals surface area contributed by atoms with E-state index < -0.39 is 0 Å². The van der Waals surface area contributed by atoms with E-state index in [9.17, 15) is 4.79 Å². The van der Waals surface area contributed by atoms with Crippen LogP contribution in [-0.2, 0) is 4.79 Å². The minimum Gasteiger partial charge on any atom is -0.369 e. The third-order valence-electron chi connectivity index (χ3n) is 12.5. The van der Waals surface area contributed by atoms with Gasteiger partial charge in [-0.1, -0.05) is 24.3 Å². The number of nitrogens with zero attached hydrogens (tertiary/aromatic N) is 11. The molecule has 10 rings (SSSR count). The van der Waals surface area contributed by atoms with Crippen molar-refractivity contribution < 1.29 is 9.59 Å². The second kappa shape index (κ2) is 21.5. The fourth-order valence-corrected chi connectivity index (χ4v) is 8.60. The molecule has 4 aliphatic heterocycles. The second-order valence-corrected chi connectivity index (χ2v) is 17.3. The van der Waals surface area contributed by atoms with Crippen molar-refractivity contribution in [2.24, 2.45) is 10.7 Å². The Kier molecular flexibility index (Phi) is 14.9. The van der Waals surface area contributed by atoms with E-state index in [1.54, 1.807) is 6.92 Å². The lowest BCUT2D eigenvalue weighted by molar-refractivity contribution is 0.234. The molecule has 344 valence electrons. The molecule has 4 N–H and O–H groups in total. The van der Waals surface area contributed by atoms with Crippen LogP contribution in [0.5, 0.6) is 0 Å².